The quantitative estimate of drug-likeness (QED) is 0.730. The smallest absolute Gasteiger partial charge is 0.243 e. The van der Waals surface area contributed by atoms with Crippen LogP contribution >= 0.6 is 12.2 Å². The zero-order chi connectivity index (χ0) is 15.5. The molecule has 1 aromatic rings. The van der Waals surface area contributed by atoms with E-state index in [9.17, 15) is 13.2 Å². The van der Waals surface area contributed by atoms with Gasteiger partial charge < -0.3 is 11.5 Å². The number of rotatable bonds is 6. The average molecular weight is 315 g/mol. The van der Waals surface area contributed by atoms with Crippen LogP contribution in [0.25, 0.3) is 0 Å². The predicted octanol–water partition coefficient (Wildman–Crippen LogP) is 0.205. The van der Waals surface area contributed by atoms with Gasteiger partial charge in [-0.1, -0.05) is 24.4 Å². The summed E-state index contributed by atoms with van der Waals surface area (Å²) < 4.78 is 26.1. The molecule has 0 unspecified atom stereocenters. The van der Waals surface area contributed by atoms with Crippen molar-refractivity contribution in [1.29, 1.82) is 0 Å². The third kappa shape index (κ3) is 3.75. The van der Waals surface area contributed by atoms with Crippen LogP contribution in [0.3, 0.4) is 0 Å². The van der Waals surface area contributed by atoms with Crippen molar-refractivity contribution >= 4 is 33.1 Å². The molecule has 0 spiro atoms. The number of hydrogen-bond acceptors (Lipinski definition) is 4. The van der Waals surface area contributed by atoms with Crippen molar-refractivity contribution in [2.75, 3.05) is 6.54 Å². The number of benzene rings is 1. The summed E-state index contributed by atoms with van der Waals surface area (Å²) in [5.74, 6) is -0.715. The first-order valence-corrected chi connectivity index (χ1v) is 7.71. The molecular weight excluding hydrogens is 298 g/mol. The minimum absolute atomic E-state index is 0.0257. The molecule has 0 atom stereocenters. The van der Waals surface area contributed by atoms with Gasteiger partial charge in [0.15, 0.2) is 0 Å². The molecule has 0 heterocycles. The highest BCUT2D eigenvalue weighted by Gasteiger charge is 2.28. The lowest BCUT2D eigenvalue weighted by Crippen LogP contribution is -2.42. The first-order valence-electron chi connectivity index (χ1n) is 5.86. The molecule has 0 aliphatic heterocycles. The molecule has 6 nitrogen and oxygen atoms in total. The van der Waals surface area contributed by atoms with Crippen LogP contribution in [0, 0.1) is 0 Å². The molecule has 0 aromatic heterocycles. The molecule has 1 amide bonds. The Bertz CT molecular complexity index is 627. The Balaban J connectivity index is 3.29. The first kappa shape index (κ1) is 16.5. The molecule has 4 N–H and O–H groups in total. The standard InChI is InChI=1S/C12H17N3O3S2/c1-8(2)15(7-11(13)16)20(17,18)10-5-3-4-9(6-10)12(14)19/h3-6,8H,7H2,1-2H3,(H2,13,16)(H2,14,19). The SMILES string of the molecule is CC(C)N(CC(N)=O)S(=O)(=O)c1cccc(C(N)=S)c1. The van der Waals surface area contributed by atoms with Gasteiger partial charge in [-0.25, -0.2) is 8.42 Å². The molecule has 1 aromatic carbocycles. The lowest BCUT2D eigenvalue weighted by molar-refractivity contribution is -0.118. The number of carbonyl (C=O) groups is 1. The summed E-state index contributed by atoms with van der Waals surface area (Å²) in [6.07, 6.45) is 0. The number of thiocarbonyl (C=S) groups is 1. The zero-order valence-corrected chi connectivity index (χ0v) is 12.9. The van der Waals surface area contributed by atoms with Gasteiger partial charge in [-0.3, -0.25) is 4.79 Å². The topological polar surface area (TPSA) is 106 Å². The summed E-state index contributed by atoms with van der Waals surface area (Å²) >= 11 is 4.83. The highest BCUT2D eigenvalue weighted by molar-refractivity contribution is 7.89. The minimum atomic E-state index is -3.83. The largest absolute Gasteiger partial charge is 0.389 e. The number of nitrogens with two attached hydrogens (primary N) is 2. The van der Waals surface area contributed by atoms with E-state index < -0.39 is 22.0 Å². The van der Waals surface area contributed by atoms with Gasteiger partial charge >= 0.3 is 0 Å². The van der Waals surface area contributed by atoms with Crippen LogP contribution in [0.2, 0.25) is 0 Å². The highest BCUT2D eigenvalue weighted by atomic mass is 32.2. The summed E-state index contributed by atoms with van der Waals surface area (Å²) in [7, 11) is -3.83. The maximum absolute atomic E-state index is 12.5. The van der Waals surface area contributed by atoms with E-state index in [1.807, 2.05) is 0 Å². The molecule has 0 saturated carbocycles. The van der Waals surface area contributed by atoms with Crippen LogP contribution in [-0.4, -0.2) is 36.2 Å². The Morgan fingerprint density at radius 2 is 1.95 bits per heavy atom. The maximum atomic E-state index is 12.5. The highest BCUT2D eigenvalue weighted by Crippen LogP contribution is 2.19. The number of amides is 1. The van der Waals surface area contributed by atoms with E-state index in [0.29, 0.717) is 5.56 Å². The average Bonchev–Trinajstić information content (AvgIpc) is 2.35. The molecule has 0 aliphatic carbocycles. The van der Waals surface area contributed by atoms with E-state index in [2.05, 4.69) is 0 Å². The van der Waals surface area contributed by atoms with Crippen LogP contribution in [0.5, 0.6) is 0 Å². The Morgan fingerprint density at radius 1 is 1.35 bits per heavy atom. The third-order valence-electron chi connectivity index (χ3n) is 2.61. The van der Waals surface area contributed by atoms with E-state index in [0.717, 1.165) is 4.31 Å². The van der Waals surface area contributed by atoms with E-state index >= 15 is 0 Å². The van der Waals surface area contributed by atoms with Crippen molar-refractivity contribution in [1.82, 2.24) is 4.31 Å². The first-order chi connectivity index (χ1) is 9.16. The lowest BCUT2D eigenvalue weighted by Gasteiger charge is -2.24. The number of carbonyl (C=O) groups excluding carboxylic acids is 1. The van der Waals surface area contributed by atoms with E-state index in [1.165, 1.54) is 12.1 Å². The fourth-order valence-corrected chi connectivity index (χ4v) is 3.42. The number of nitrogens with zero attached hydrogens (tertiary/aromatic N) is 1. The summed E-state index contributed by atoms with van der Waals surface area (Å²) in [6, 6.07) is 5.57. The second-order valence-electron chi connectivity index (χ2n) is 4.50. The molecule has 0 fully saturated rings. The van der Waals surface area contributed by atoms with Crippen LogP contribution in [0.1, 0.15) is 19.4 Å². The summed E-state index contributed by atoms with van der Waals surface area (Å²) in [4.78, 5) is 11.2. The normalized spacial score (nSPS) is 11.8. The van der Waals surface area contributed by atoms with Crippen molar-refractivity contribution in [2.45, 2.75) is 24.8 Å². The molecular formula is C12H17N3O3S2. The second kappa shape index (κ2) is 6.29. The Hall–Kier alpha value is -1.51. The van der Waals surface area contributed by atoms with Crippen molar-refractivity contribution in [3.05, 3.63) is 29.8 Å². The molecule has 0 bridgehead atoms. The van der Waals surface area contributed by atoms with Crippen molar-refractivity contribution in [3.8, 4) is 0 Å². The van der Waals surface area contributed by atoms with Gasteiger partial charge in [0, 0.05) is 11.6 Å². The fraction of sp³-hybridized carbons (Fsp3) is 0.333. The van der Waals surface area contributed by atoms with Gasteiger partial charge in [0.1, 0.15) is 4.99 Å². The number of primary amides is 1. The van der Waals surface area contributed by atoms with Crippen molar-refractivity contribution in [2.24, 2.45) is 11.5 Å². The van der Waals surface area contributed by atoms with Crippen LogP contribution in [-0.2, 0) is 14.8 Å². The van der Waals surface area contributed by atoms with Crippen LogP contribution < -0.4 is 11.5 Å². The molecule has 20 heavy (non-hydrogen) atoms. The van der Waals surface area contributed by atoms with Crippen molar-refractivity contribution in [3.63, 3.8) is 0 Å². The Morgan fingerprint density at radius 3 is 2.40 bits per heavy atom. The van der Waals surface area contributed by atoms with Gasteiger partial charge in [-0.2, -0.15) is 4.31 Å². The second-order valence-corrected chi connectivity index (χ2v) is 6.83. The minimum Gasteiger partial charge on any atom is -0.389 e. The Labute approximate surface area is 123 Å². The maximum Gasteiger partial charge on any atom is 0.243 e. The van der Waals surface area contributed by atoms with Gasteiger partial charge in [-0.05, 0) is 26.0 Å². The molecule has 8 heteroatoms. The summed E-state index contributed by atoms with van der Waals surface area (Å²) in [5.41, 5.74) is 11.0. The monoisotopic (exact) mass is 315 g/mol. The number of sulfonamides is 1. The molecule has 0 saturated heterocycles. The van der Waals surface area contributed by atoms with Crippen LogP contribution in [0.15, 0.2) is 29.2 Å². The summed E-state index contributed by atoms with van der Waals surface area (Å²) in [6.45, 7) is 2.95. The lowest BCUT2D eigenvalue weighted by atomic mass is 10.2. The Kier molecular flexibility index (Phi) is 5.21. The van der Waals surface area contributed by atoms with Crippen molar-refractivity contribution < 1.29 is 13.2 Å². The van der Waals surface area contributed by atoms with Gasteiger partial charge in [0.2, 0.25) is 15.9 Å². The van der Waals surface area contributed by atoms with Crippen LogP contribution in [0.4, 0.5) is 0 Å². The third-order valence-corrected chi connectivity index (χ3v) is 4.87. The van der Waals surface area contributed by atoms with Gasteiger partial charge in [-0.15, -0.1) is 0 Å². The molecule has 0 radical (unpaired) electrons. The van der Waals surface area contributed by atoms with Gasteiger partial charge in [0.25, 0.3) is 0 Å². The molecule has 0 aliphatic rings. The van der Waals surface area contributed by atoms with E-state index in [1.54, 1.807) is 26.0 Å². The zero-order valence-electron chi connectivity index (χ0n) is 11.2. The predicted molar refractivity (Wildman–Crippen MR) is 80.6 cm³/mol. The fourth-order valence-electron chi connectivity index (χ4n) is 1.64. The molecule has 1 rings (SSSR count). The van der Waals surface area contributed by atoms with E-state index in [-0.39, 0.29) is 16.4 Å². The number of hydrogen-bond donors (Lipinski definition) is 2. The van der Waals surface area contributed by atoms with Gasteiger partial charge in [0.05, 0.1) is 11.4 Å². The van der Waals surface area contributed by atoms with E-state index in [4.69, 9.17) is 23.7 Å². The summed E-state index contributed by atoms with van der Waals surface area (Å²) in [5, 5.41) is 0. The molecule has 110 valence electrons.